The Bertz CT molecular complexity index is 4010. The van der Waals surface area contributed by atoms with Crippen molar-refractivity contribution in [2.75, 3.05) is 0 Å². The smallest absolute Gasteiger partial charge is 0.306 e. The van der Waals surface area contributed by atoms with Crippen molar-refractivity contribution in [2.24, 2.45) is 180 Å². The number of ketones is 1. The first kappa shape index (κ1) is 111. The number of fused-ring (bicyclic) bond motifs is 20. The molecule has 0 aromatic carbocycles. The maximum Gasteiger partial charge on any atom is 0.306 e. The molecule has 0 radical (unpaired) electrons. The largest absolute Gasteiger partial charge is 0.462 e. The Labute approximate surface area is 823 Å². The van der Waals surface area contributed by atoms with Crippen LogP contribution in [-0.2, 0) is 71.5 Å². The van der Waals surface area contributed by atoms with Crippen LogP contribution in [0.25, 0.3) is 0 Å². The minimum Gasteiger partial charge on any atom is -0.462 e. The van der Waals surface area contributed by atoms with Crippen molar-refractivity contribution in [1.29, 1.82) is 0 Å². The molecule has 0 aliphatic heterocycles. The van der Waals surface area contributed by atoms with Gasteiger partial charge in [0.1, 0.15) is 48.5 Å². The first-order valence-corrected chi connectivity index (χ1v) is 54.8. The normalized spacial score (nSPS) is 42.7. The Kier molecular flexibility index (Phi) is 31.6. The fourth-order valence-corrected chi connectivity index (χ4v) is 33.8. The van der Waals surface area contributed by atoms with Gasteiger partial charge in [0.05, 0.1) is 0 Å². The van der Waals surface area contributed by atoms with E-state index in [2.05, 4.69) is 235 Å². The van der Waals surface area contributed by atoms with E-state index in [0.717, 1.165) is 116 Å². The van der Waals surface area contributed by atoms with Gasteiger partial charge < -0.3 is 33.2 Å². The average molecular weight is 1880 g/mol. The Morgan fingerprint density at radius 1 is 0.289 bits per heavy atom. The van der Waals surface area contributed by atoms with Gasteiger partial charge in [-0.3, -0.25) is 38.4 Å². The van der Waals surface area contributed by atoms with Crippen molar-refractivity contribution in [3.05, 3.63) is 24.3 Å². The monoisotopic (exact) mass is 1880 g/mol. The second-order valence-corrected chi connectivity index (χ2v) is 56.9. The molecule has 0 aromatic rings. The molecule has 20 bridgehead atoms. The molecule has 0 heterocycles. The average Bonchev–Trinajstić information content (AvgIpc) is 1.58. The molecule has 15 nitrogen and oxygen atoms in total. The summed E-state index contributed by atoms with van der Waals surface area (Å²) in [6.07, 6.45) is 39.4. The molecule has 0 spiro atoms. The van der Waals surface area contributed by atoms with Crippen LogP contribution in [0.2, 0.25) is 0 Å². The predicted molar refractivity (Wildman–Crippen MR) is 543 cm³/mol. The van der Waals surface area contributed by atoms with E-state index in [4.69, 9.17) is 33.2 Å². The van der Waals surface area contributed by atoms with Gasteiger partial charge in [-0.25, -0.2) is 0 Å². The highest BCUT2D eigenvalue weighted by Gasteiger charge is 2.70. The Balaban J connectivity index is 0.000000145. The number of hydrogen-bond donors (Lipinski definition) is 0. The van der Waals surface area contributed by atoms with Crippen LogP contribution in [0.4, 0.5) is 0 Å². The van der Waals surface area contributed by atoms with Crippen molar-refractivity contribution >= 4 is 47.6 Å². The topological polar surface area (TPSA) is 201 Å². The lowest BCUT2D eigenvalue weighted by Gasteiger charge is -2.41. The molecular weight excluding hydrogens is 1680 g/mol. The lowest BCUT2D eigenvalue weighted by atomic mass is 9.70. The molecule has 0 aromatic heterocycles. The van der Waals surface area contributed by atoms with Crippen LogP contribution in [0.5, 0.6) is 0 Å². The summed E-state index contributed by atoms with van der Waals surface area (Å²) in [6, 6.07) is 0. The molecule has 20 saturated carbocycles. The van der Waals surface area contributed by atoms with E-state index in [0.29, 0.717) is 79.7 Å². The van der Waals surface area contributed by atoms with Crippen LogP contribution < -0.4 is 0 Å². The van der Waals surface area contributed by atoms with E-state index in [1.807, 2.05) is 0 Å². The summed E-state index contributed by atoms with van der Waals surface area (Å²) in [6.45, 7) is 88.9. The van der Waals surface area contributed by atoms with Crippen LogP contribution in [0.3, 0.4) is 0 Å². The first-order chi connectivity index (χ1) is 61.6. The molecule has 27 atom stereocenters. The Morgan fingerprint density at radius 3 is 0.681 bits per heavy atom. The minimum atomic E-state index is -0.128. The molecule has 17 unspecified atom stereocenters. The molecule has 20 fully saturated rings. The summed E-state index contributed by atoms with van der Waals surface area (Å²) in [5, 5.41) is 0. The van der Waals surface area contributed by atoms with Crippen LogP contribution in [0, 0.1) is 180 Å². The SMILES string of the molecule is C=C1C2CCC(C2)C1(C)C.C=C1[C@H]2CC[C@H](C2)C1(C)C.CC(=O)OC1C2(C)CCC(C2)C1(C)C.CC(=O)OC1CC2CCC1(C)C2(C)C.CC(=O)OC1CC2CCC1(C)C2(C)C.CC(=O)O[C@@H]1C[C@@H]2CC[C@@]1(C)C2(C)C.CC(=O)O[C@H]1CC2CC[C@@]1(C)C2(C)C.CC(C)CC(=O)OC1CC2CCC1(C)C2(C)C.CC(C)CC(=O)O[C@@H]1C[C@@H]2CC[C@@]1(C)C2(C)C.CC12CCC(CC1=O)C2(C)C. The van der Waals surface area contributed by atoms with Gasteiger partial charge in [-0.1, -0.05) is 246 Å². The number of Topliss-reactive ketones (excluding diaryl/α,β-unsaturated/α-hetero) is 1. The molecule has 770 valence electrons. The fraction of sp³-hybridized carbons (Fsp3) is 0.900. The van der Waals surface area contributed by atoms with Gasteiger partial charge in [0.15, 0.2) is 0 Å². The second kappa shape index (κ2) is 38.5. The molecule has 0 N–H and O–H groups in total. The van der Waals surface area contributed by atoms with E-state index in [1.165, 1.54) is 187 Å². The minimum absolute atomic E-state index is 0.00502. The Hall–Kier alpha value is -4.56. The molecule has 20 aliphatic carbocycles. The molecule has 20 rings (SSSR count). The zero-order chi connectivity index (χ0) is 101. The molecule has 0 saturated heterocycles. The van der Waals surface area contributed by atoms with Gasteiger partial charge in [0.2, 0.25) is 0 Å². The lowest BCUT2D eigenvalue weighted by molar-refractivity contribution is -0.162. The van der Waals surface area contributed by atoms with Crippen LogP contribution in [0.1, 0.15) is 462 Å². The second-order valence-electron chi connectivity index (χ2n) is 56.9. The number of hydrogen-bond acceptors (Lipinski definition) is 15. The van der Waals surface area contributed by atoms with Crippen molar-refractivity contribution in [1.82, 2.24) is 0 Å². The highest BCUT2D eigenvalue weighted by Crippen LogP contribution is 2.74. The number of esters is 7. The molecule has 0 amide bonds. The zero-order valence-electron chi connectivity index (χ0n) is 93.3. The highest BCUT2D eigenvalue weighted by molar-refractivity contribution is 5.89. The van der Waals surface area contributed by atoms with Gasteiger partial charge in [0.25, 0.3) is 0 Å². The highest BCUT2D eigenvalue weighted by atomic mass is 16.6. The van der Waals surface area contributed by atoms with Crippen molar-refractivity contribution in [3.63, 3.8) is 0 Å². The number of rotatable bonds is 11. The van der Waals surface area contributed by atoms with E-state index < -0.39 is 0 Å². The van der Waals surface area contributed by atoms with E-state index in [-0.39, 0.29) is 139 Å². The molecule has 135 heavy (non-hydrogen) atoms. The summed E-state index contributed by atoms with van der Waals surface area (Å²) in [5.74, 6) is 10.3. The standard InChI is InChI=1S/2C15H26O2.5C12H20O2.C10H16O.2C10H16/c2*1-10(2)8-13(16)17-12-9-11-6-7-15(12,5)14(11,3)4;1-8(13)14-10-11(2,3)9-5-6-12(10,4)7-9;4*1-8(13)14-10-7-9-5-6-12(10,4)11(9,2)3;1-9(2)7-4-5-10(9,3)8(11)6-7;2*1-7-8-4-5-9(6-8)10(7,2)3/h2*10-12H,6-9H2,1-5H3;5*9-10H,5-7H2,1-4H3;7H,4-6H2,1-3H3;2*8-9H,1,4-6H2,2-3H3/t11-,12+,15+;;;9?,10-,12+;9-,10+,12+;;;;8-,9+;/m0..00...0./s1. The molecular formula is C120H200O15. The van der Waals surface area contributed by atoms with E-state index in [9.17, 15) is 38.4 Å². The summed E-state index contributed by atoms with van der Waals surface area (Å²) >= 11 is 0. The quantitative estimate of drug-likeness (QED) is 0.107. The van der Waals surface area contributed by atoms with E-state index in [1.54, 1.807) is 0 Å². The van der Waals surface area contributed by atoms with Crippen LogP contribution in [-0.4, -0.2) is 90.3 Å². The fourth-order valence-electron chi connectivity index (χ4n) is 33.8. The molecule has 20 aliphatic rings. The maximum atomic E-state index is 11.8. The third kappa shape index (κ3) is 19.6. The van der Waals surface area contributed by atoms with Crippen LogP contribution >= 0.6 is 0 Å². The summed E-state index contributed by atoms with van der Waals surface area (Å²) in [7, 11) is 0. The maximum absolute atomic E-state index is 11.8. The Morgan fingerprint density at radius 2 is 0.533 bits per heavy atom. The number of ether oxygens (including phenoxy) is 7. The van der Waals surface area contributed by atoms with Gasteiger partial charge in [-0.05, 0) is 318 Å². The van der Waals surface area contributed by atoms with Crippen molar-refractivity contribution < 1.29 is 71.5 Å². The van der Waals surface area contributed by atoms with E-state index >= 15 is 0 Å². The summed E-state index contributed by atoms with van der Waals surface area (Å²) < 4.78 is 38.8. The van der Waals surface area contributed by atoms with Crippen molar-refractivity contribution in [3.8, 4) is 0 Å². The van der Waals surface area contributed by atoms with Gasteiger partial charge >= 0.3 is 41.8 Å². The molecule has 15 heteroatoms. The third-order valence-corrected chi connectivity index (χ3v) is 47.7. The number of carbonyl (C=O) groups is 8. The zero-order valence-corrected chi connectivity index (χ0v) is 93.3. The first-order valence-electron chi connectivity index (χ1n) is 54.8. The summed E-state index contributed by atoms with van der Waals surface area (Å²) in [5.41, 5.74) is 8.01. The van der Waals surface area contributed by atoms with Crippen LogP contribution in [0.15, 0.2) is 24.3 Å². The number of allylic oxidation sites excluding steroid dienone is 2. The third-order valence-electron chi connectivity index (χ3n) is 47.7. The lowest BCUT2D eigenvalue weighted by Crippen LogP contribution is -2.43. The van der Waals surface area contributed by atoms with Crippen molar-refractivity contribution in [2.45, 2.75) is 504 Å². The predicted octanol–water partition coefficient (Wildman–Crippen LogP) is 29.8. The van der Waals surface area contributed by atoms with Gasteiger partial charge in [-0.15, -0.1) is 0 Å². The number of carbonyl (C=O) groups excluding carboxylic acids is 8. The van der Waals surface area contributed by atoms with Gasteiger partial charge in [-0.2, -0.15) is 0 Å². The van der Waals surface area contributed by atoms with Gasteiger partial charge in [0, 0.05) is 103 Å². The summed E-state index contributed by atoms with van der Waals surface area (Å²) in [4.78, 5) is 90.3.